The molecule has 0 aliphatic carbocycles. The molecule has 1 N–H and O–H groups in total. The summed E-state index contributed by atoms with van der Waals surface area (Å²) < 4.78 is 32.1. The van der Waals surface area contributed by atoms with Crippen LogP contribution < -0.4 is 5.32 Å². The van der Waals surface area contributed by atoms with E-state index < -0.39 is 10.0 Å². The molecular formula is C20H28N4O3S2. The Morgan fingerprint density at radius 3 is 2.76 bits per heavy atom. The minimum absolute atomic E-state index is 0.00192. The van der Waals surface area contributed by atoms with Gasteiger partial charge in [0.1, 0.15) is 10.3 Å². The molecule has 1 aromatic heterocycles. The number of nitrogens with one attached hydrogen (secondary N) is 1. The zero-order valence-electron chi connectivity index (χ0n) is 17.3. The number of ether oxygens (including phenoxy) is 1. The summed E-state index contributed by atoms with van der Waals surface area (Å²) in [5.41, 5.74) is 2.42. The summed E-state index contributed by atoms with van der Waals surface area (Å²) in [5, 5.41) is 3.36. The van der Waals surface area contributed by atoms with E-state index in [1.165, 1.54) is 40.9 Å². The molecule has 1 fully saturated rings. The second kappa shape index (κ2) is 9.25. The highest BCUT2D eigenvalue weighted by Gasteiger charge is 2.25. The molecular weight excluding hydrogens is 408 g/mol. The molecule has 158 valence electrons. The molecule has 1 saturated heterocycles. The predicted octanol–water partition coefficient (Wildman–Crippen LogP) is 2.46. The third kappa shape index (κ3) is 4.98. The van der Waals surface area contributed by atoms with Crippen LogP contribution in [0.25, 0.3) is 0 Å². The Bertz CT molecular complexity index is 970. The number of sulfonamides is 1. The van der Waals surface area contributed by atoms with E-state index >= 15 is 0 Å². The van der Waals surface area contributed by atoms with E-state index in [0.717, 1.165) is 23.9 Å². The largest absolute Gasteiger partial charge is 0.370 e. The zero-order chi connectivity index (χ0) is 21.0. The number of guanidine groups is 1. The Morgan fingerprint density at radius 1 is 1.31 bits per heavy atom. The van der Waals surface area contributed by atoms with E-state index in [2.05, 4.69) is 34.3 Å². The van der Waals surface area contributed by atoms with Gasteiger partial charge in [-0.05, 0) is 30.2 Å². The van der Waals surface area contributed by atoms with Crippen LogP contribution in [0.3, 0.4) is 0 Å². The van der Waals surface area contributed by atoms with Crippen molar-refractivity contribution in [2.24, 2.45) is 4.99 Å². The molecule has 0 spiro atoms. The number of hydrogen-bond donors (Lipinski definition) is 1. The van der Waals surface area contributed by atoms with Crippen molar-refractivity contribution in [1.82, 2.24) is 14.5 Å². The molecule has 1 aromatic carbocycles. The smallest absolute Gasteiger partial charge is 0.252 e. The lowest BCUT2D eigenvalue weighted by Crippen LogP contribution is -2.48. The van der Waals surface area contributed by atoms with Crippen molar-refractivity contribution >= 4 is 27.3 Å². The van der Waals surface area contributed by atoms with Gasteiger partial charge in [-0.3, -0.25) is 4.99 Å². The first-order valence-electron chi connectivity index (χ1n) is 9.47. The van der Waals surface area contributed by atoms with Crippen molar-refractivity contribution in [3.63, 3.8) is 0 Å². The van der Waals surface area contributed by atoms with E-state index in [4.69, 9.17) is 4.74 Å². The highest BCUT2D eigenvalue weighted by atomic mass is 32.2. The van der Waals surface area contributed by atoms with E-state index in [9.17, 15) is 8.42 Å². The number of hydrogen-bond acceptors (Lipinski definition) is 5. The maximum atomic E-state index is 12.3. The van der Waals surface area contributed by atoms with E-state index in [1.54, 1.807) is 13.1 Å². The molecule has 0 radical (unpaired) electrons. The van der Waals surface area contributed by atoms with Gasteiger partial charge in [0.2, 0.25) is 0 Å². The fourth-order valence-corrected chi connectivity index (χ4v) is 5.71. The number of rotatable bonds is 5. The second-order valence-corrected chi connectivity index (χ2v) is 10.6. The molecule has 1 atom stereocenters. The van der Waals surface area contributed by atoms with E-state index in [0.29, 0.717) is 17.4 Å². The molecule has 9 heteroatoms. The SMILES string of the molecule is CN=C(NCc1ccc(S(=O)(=O)N(C)C)s1)N1CCOC(c2ccccc2C)C1. The summed E-state index contributed by atoms with van der Waals surface area (Å²) >= 11 is 1.28. The summed E-state index contributed by atoms with van der Waals surface area (Å²) in [6.45, 7) is 4.72. The standard InChI is InChI=1S/C20H28N4O3S2/c1-15-7-5-6-8-17(15)18-14-24(11-12-27-18)20(21-2)22-13-16-9-10-19(28-16)29(25,26)23(3)4/h5-10,18H,11-14H2,1-4H3,(H,21,22). The monoisotopic (exact) mass is 436 g/mol. The van der Waals surface area contributed by atoms with Crippen LogP contribution >= 0.6 is 11.3 Å². The van der Waals surface area contributed by atoms with Gasteiger partial charge in [0.25, 0.3) is 10.0 Å². The molecule has 7 nitrogen and oxygen atoms in total. The van der Waals surface area contributed by atoms with Crippen LogP contribution in [0.5, 0.6) is 0 Å². The van der Waals surface area contributed by atoms with Crippen LogP contribution in [0.4, 0.5) is 0 Å². The molecule has 3 rings (SSSR count). The molecule has 1 aliphatic heterocycles. The molecule has 1 aliphatic rings. The van der Waals surface area contributed by atoms with Crippen LogP contribution in [0.15, 0.2) is 45.6 Å². The van der Waals surface area contributed by atoms with Crippen LogP contribution in [-0.4, -0.2) is 64.4 Å². The van der Waals surface area contributed by atoms with Gasteiger partial charge in [-0.2, -0.15) is 0 Å². The fourth-order valence-electron chi connectivity index (χ4n) is 3.25. The first kappa shape index (κ1) is 21.8. The van der Waals surface area contributed by atoms with Gasteiger partial charge >= 0.3 is 0 Å². The van der Waals surface area contributed by atoms with Gasteiger partial charge in [-0.1, -0.05) is 24.3 Å². The van der Waals surface area contributed by atoms with Gasteiger partial charge in [0.15, 0.2) is 5.96 Å². The van der Waals surface area contributed by atoms with Crippen LogP contribution in [0.1, 0.15) is 22.1 Å². The highest BCUT2D eigenvalue weighted by Crippen LogP contribution is 2.26. The Balaban J connectivity index is 1.65. The number of thiophene rings is 1. The molecule has 29 heavy (non-hydrogen) atoms. The third-order valence-corrected chi connectivity index (χ3v) is 8.27. The lowest BCUT2D eigenvalue weighted by atomic mass is 10.0. The molecule has 1 unspecified atom stereocenters. The fraction of sp³-hybridized carbons (Fsp3) is 0.450. The van der Waals surface area contributed by atoms with E-state index in [-0.39, 0.29) is 6.10 Å². The average Bonchev–Trinajstić information content (AvgIpc) is 3.19. The van der Waals surface area contributed by atoms with Crippen LogP contribution in [0, 0.1) is 6.92 Å². The Hall–Kier alpha value is -1.94. The zero-order valence-corrected chi connectivity index (χ0v) is 18.9. The first-order chi connectivity index (χ1) is 13.8. The summed E-state index contributed by atoms with van der Waals surface area (Å²) in [5.74, 6) is 0.789. The summed E-state index contributed by atoms with van der Waals surface area (Å²) in [4.78, 5) is 7.54. The lowest BCUT2D eigenvalue weighted by molar-refractivity contribution is -0.00833. The minimum Gasteiger partial charge on any atom is -0.370 e. The van der Waals surface area contributed by atoms with Crippen molar-refractivity contribution in [2.45, 2.75) is 23.8 Å². The van der Waals surface area contributed by atoms with Crippen LogP contribution in [0.2, 0.25) is 0 Å². The van der Waals surface area contributed by atoms with Gasteiger partial charge in [0.05, 0.1) is 19.7 Å². The Kier molecular flexibility index (Phi) is 6.94. The Labute approximate surface area is 177 Å². The first-order valence-corrected chi connectivity index (χ1v) is 11.7. The van der Waals surface area contributed by atoms with Crippen molar-refractivity contribution < 1.29 is 13.2 Å². The number of morpholine rings is 1. The van der Waals surface area contributed by atoms with Crippen molar-refractivity contribution in [3.05, 3.63) is 52.4 Å². The molecule has 0 amide bonds. The summed E-state index contributed by atoms with van der Waals surface area (Å²) in [6.07, 6.45) is 0.00192. The average molecular weight is 437 g/mol. The van der Waals surface area contributed by atoms with Gasteiger partial charge < -0.3 is 15.0 Å². The molecule has 0 bridgehead atoms. The molecule has 0 saturated carbocycles. The van der Waals surface area contributed by atoms with Gasteiger partial charge in [-0.25, -0.2) is 12.7 Å². The number of aryl methyl sites for hydroxylation is 1. The third-order valence-electron chi connectivity index (χ3n) is 4.91. The number of aliphatic imine (C=N–C) groups is 1. The van der Waals surface area contributed by atoms with Crippen molar-refractivity contribution in [1.29, 1.82) is 0 Å². The predicted molar refractivity (Wildman–Crippen MR) is 117 cm³/mol. The lowest BCUT2D eigenvalue weighted by Gasteiger charge is -2.35. The van der Waals surface area contributed by atoms with Gasteiger partial charge in [0, 0.05) is 32.6 Å². The topological polar surface area (TPSA) is 74.2 Å². The number of benzene rings is 1. The van der Waals surface area contributed by atoms with E-state index in [1.807, 2.05) is 18.2 Å². The molecule has 2 aromatic rings. The summed E-state index contributed by atoms with van der Waals surface area (Å²) in [6, 6.07) is 11.8. The highest BCUT2D eigenvalue weighted by molar-refractivity contribution is 7.91. The second-order valence-electron chi connectivity index (χ2n) is 7.07. The quantitative estimate of drug-likeness (QED) is 0.576. The number of nitrogens with zero attached hydrogens (tertiary/aromatic N) is 3. The van der Waals surface area contributed by atoms with Crippen molar-refractivity contribution in [3.8, 4) is 0 Å². The normalized spacial score (nSPS) is 18.3. The maximum absolute atomic E-state index is 12.3. The van der Waals surface area contributed by atoms with Crippen LogP contribution in [-0.2, 0) is 21.3 Å². The van der Waals surface area contributed by atoms with Gasteiger partial charge in [-0.15, -0.1) is 11.3 Å². The summed E-state index contributed by atoms with van der Waals surface area (Å²) in [7, 11) is 1.44. The maximum Gasteiger partial charge on any atom is 0.252 e. The van der Waals surface area contributed by atoms with Crippen molar-refractivity contribution in [2.75, 3.05) is 40.8 Å². The Morgan fingerprint density at radius 2 is 2.07 bits per heavy atom. The molecule has 2 heterocycles. The minimum atomic E-state index is -3.40.